The van der Waals surface area contributed by atoms with Crippen LogP contribution < -0.4 is 5.32 Å². The molecule has 21 heavy (non-hydrogen) atoms. The molecule has 0 saturated carbocycles. The van der Waals surface area contributed by atoms with Crippen molar-refractivity contribution in [2.24, 2.45) is 0 Å². The zero-order valence-electron chi connectivity index (χ0n) is 12.4. The molecule has 114 valence electrons. The fraction of sp³-hybridized carbons (Fsp3) is 0.438. The van der Waals surface area contributed by atoms with Crippen molar-refractivity contribution >= 4 is 0 Å². The van der Waals surface area contributed by atoms with Crippen molar-refractivity contribution in [3.63, 3.8) is 0 Å². The molecule has 0 spiro atoms. The zero-order chi connectivity index (χ0) is 15.1. The Kier molecular flexibility index (Phi) is 5.78. The van der Waals surface area contributed by atoms with Crippen molar-refractivity contribution in [1.82, 2.24) is 15.1 Å². The Morgan fingerprint density at radius 3 is 2.71 bits per heavy atom. The van der Waals surface area contributed by atoms with E-state index in [4.69, 9.17) is 5.11 Å². The Hall–Kier alpha value is -1.85. The fourth-order valence-electron chi connectivity index (χ4n) is 2.16. The summed E-state index contributed by atoms with van der Waals surface area (Å²) in [5.41, 5.74) is 2.36. The zero-order valence-corrected chi connectivity index (χ0v) is 12.4. The van der Waals surface area contributed by atoms with Gasteiger partial charge in [-0.3, -0.25) is 4.68 Å². The average Bonchev–Trinajstić information content (AvgIpc) is 2.93. The van der Waals surface area contributed by atoms with E-state index < -0.39 is 0 Å². The largest absolute Gasteiger partial charge is 0.508 e. The Bertz CT molecular complexity index is 537. The van der Waals surface area contributed by atoms with Crippen LogP contribution in [0, 0.1) is 0 Å². The fourth-order valence-corrected chi connectivity index (χ4v) is 2.16. The van der Waals surface area contributed by atoms with Gasteiger partial charge in [0.25, 0.3) is 0 Å². The third-order valence-electron chi connectivity index (χ3n) is 3.47. The quantitative estimate of drug-likeness (QED) is 0.691. The Labute approximate surface area is 125 Å². The second-order valence-corrected chi connectivity index (χ2v) is 5.32. The number of rotatable bonds is 8. The number of aryl methyl sites for hydroxylation is 1. The molecule has 0 amide bonds. The highest BCUT2D eigenvalue weighted by Crippen LogP contribution is 2.12. The molecule has 1 atom stereocenters. The molecule has 5 heteroatoms. The molecule has 0 aliphatic heterocycles. The van der Waals surface area contributed by atoms with Crippen LogP contribution in [0.5, 0.6) is 5.75 Å². The smallest absolute Gasteiger partial charge is 0.115 e. The lowest BCUT2D eigenvalue weighted by atomic mass is 10.1. The van der Waals surface area contributed by atoms with Gasteiger partial charge in [0.1, 0.15) is 5.75 Å². The summed E-state index contributed by atoms with van der Waals surface area (Å²) in [7, 11) is 0. The second kappa shape index (κ2) is 7.81. The van der Waals surface area contributed by atoms with E-state index in [0.29, 0.717) is 18.3 Å². The highest BCUT2D eigenvalue weighted by Gasteiger charge is 2.04. The van der Waals surface area contributed by atoms with Gasteiger partial charge in [0.15, 0.2) is 0 Å². The SMILES string of the molecule is CC(CCc1ccc(O)cc1)NCc1cnn(CCO)c1. The van der Waals surface area contributed by atoms with Gasteiger partial charge in [-0.15, -0.1) is 0 Å². The third kappa shape index (κ3) is 5.21. The topological polar surface area (TPSA) is 70.3 Å². The molecule has 1 unspecified atom stereocenters. The number of phenols is 1. The first-order valence-corrected chi connectivity index (χ1v) is 7.31. The van der Waals surface area contributed by atoms with E-state index in [1.165, 1.54) is 5.56 Å². The van der Waals surface area contributed by atoms with E-state index >= 15 is 0 Å². The number of hydrogen-bond acceptors (Lipinski definition) is 4. The molecule has 0 fully saturated rings. The van der Waals surface area contributed by atoms with Gasteiger partial charge in [0.2, 0.25) is 0 Å². The van der Waals surface area contributed by atoms with Gasteiger partial charge in [-0.05, 0) is 37.5 Å². The highest BCUT2D eigenvalue weighted by molar-refractivity contribution is 5.25. The molecule has 2 aromatic rings. The van der Waals surface area contributed by atoms with E-state index in [2.05, 4.69) is 17.3 Å². The summed E-state index contributed by atoms with van der Waals surface area (Å²) in [6, 6.07) is 7.77. The van der Waals surface area contributed by atoms with Gasteiger partial charge in [-0.1, -0.05) is 12.1 Å². The molecule has 1 heterocycles. The first-order valence-electron chi connectivity index (χ1n) is 7.31. The van der Waals surface area contributed by atoms with E-state index in [9.17, 15) is 5.11 Å². The maximum absolute atomic E-state index is 9.25. The predicted octanol–water partition coefficient (Wildman–Crippen LogP) is 1.69. The van der Waals surface area contributed by atoms with Crippen LogP contribution in [0.15, 0.2) is 36.7 Å². The van der Waals surface area contributed by atoms with Crippen molar-refractivity contribution in [3.05, 3.63) is 47.8 Å². The number of aromatic nitrogens is 2. The van der Waals surface area contributed by atoms with Gasteiger partial charge < -0.3 is 15.5 Å². The molecule has 0 bridgehead atoms. The maximum Gasteiger partial charge on any atom is 0.115 e. The van der Waals surface area contributed by atoms with Gasteiger partial charge in [-0.25, -0.2) is 0 Å². The van der Waals surface area contributed by atoms with Gasteiger partial charge in [0.05, 0.1) is 19.3 Å². The number of benzene rings is 1. The standard InChI is InChI=1S/C16H23N3O2/c1-13(2-3-14-4-6-16(21)7-5-14)17-10-15-11-18-19(12-15)8-9-20/h4-7,11-13,17,20-21H,2-3,8-10H2,1H3. The lowest BCUT2D eigenvalue weighted by molar-refractivity contribution is 0.269. The number of aliphatic hydroxyl groups is 1. The maximum atomic E-state index is 9.25. The molecule has 0 aliphatic carbocycles. The molecule has 1 aromatic heterocycles. The van der Waals surface area contributed by atoms with Crippen LogP contribution in [-0.2, 0) is 19.5 Å². The predicted molar refractivity (Wildman–Crippen MR) is 82.0 cm³/mol. The van der Waals surface area contributed by atoms with Crippen LogP contribution in [0.25, 0.3) is 0 Å². The summed E-state index contributed by atoms with van der Waals surface area (Å²) in [4.78, 5) is 0. The summed E-state index contributed by atoms with van der Waals surface area (Å²) in [6.07, 6.45) is 5.80. The minimum absolute atomic E-state index is 0.109. The third-order valence-corrected chi connectivity index (χ3v) is 3.47. The Balaban J connectivity index is 1.71. The Morgan fingerprint density at radius 1 is 1.24 bits per heavy atom. The van der Waals surface area contributed by atoms with E-state index in [-0.39, 0.29) is 6.61 Å². The first kappa shape index (κ1) is 15.5. The van der Waals surface area contributed by atoms with Crippen molar-refractivity contribution in [1.29, 1.82) is 0 Å². The summed E-state index contributed by atoms with van der Waals surface area (Å²) < 4.78 is 1.75. The van der Waals surface area contributed by atoms with Crippen LogP contribution >= 0.6 is 0 Å². The van der Waals surface area contributed by atoms with Crippen LogP contribution in [0.2, 0.25) is 0 Å². The van der Waals surface area contributed by atoms with Crippen molar-refractivity contribution < 1.29 is 10.2 Å². The van der Waals surface area contributed by atoms with Gasteiger partial charge in [0, 0.05) is 24.3 Å². The van der Waals surface area contributed by atoms with Crippen LogP contribution in [0.4, 0.5) is 0 Å². The molecular weight excluding hydrogens is 266 g/mol. The first-order chi connectivity index (χ1) is 10.2. The Morgan fingerprint density at radius 2 is 2.00 bits per heavy atom. The molecule has 0 aliphatic rings. The molecule has 0 saturated heterocycles. The monoisotopic (exact) mass is 289 g/mol. The van der Waals surface area contributed by atoms with E-state index in [1.807, 2.05) is 24.5 Å². The highest BCUT2D eigenvalue weighted by atomic mass is 16.3. The molecule has 5 nitrogen and oxygen atoms in total. The molecule has 1 aromatic carbocycles. The second-order valence-electron chi connectivity index (χ2n) is 5.32. The minimum Gasteiger partial charge on any atom is -0.508 e. The van der Waals surface area contributed by atoms with Crippen molar-refractivity contribution in [2.75, 3.05) is 6.61 Å². The lowest BCUT2D eigenvalue weighted by Crippen LogP contribution is -2.25. The molecule has 0 radical (unpaired) electrons. The van der Waals surface area contributed by atoms with Gasteiger partial charge >= 0.3 is 0 Å². The summed E-state index contributed by atoms with van der Waals surface area (Å²) in [6.45, 7) is 3.59. The normalized spacial score (nSPS) is 12.5. The number of phenolic OH excluding ortho intramolecular Hbond substituents is 1. The number of aliphatic hydroxyl groups excluding tert-OH is 1. The summed E-state index contributed by atoms with van der Waals surface area (Å²) in [5.74, 6) is 0.310. The lowest BCUT2D eigenvalue weighted by Gasteiger charge is -2.13. The number of nitrogens with one attached hydrogen (secondary N) is 1. The summed E-state index contributed by atoms with van der Waals surface area (Å²) in [5, 5.41) is 25.7. The molecule has 3 N–H and O–H groups in total. The van der Waals surface area contributed by atoms with Crippen LogP contribution in [-0.4, -0.2) is 32.6 Å². The van der Waals surface area contributed by atoms with Crippen LogP contribution in [0.1, 0.15) is 24.5 Å². The van der Waals surface area contributed by atoms with Crippen molar-refractivity contribution in [2.45, 2.75) is 38.9 Å². The van der Waals surface area contributed by atoms with Gasteiger partial charge in [-0.2, -0.15) is 5.10 Å². The van der Waals surface area contributed by atoms with E-state index in [0.717, 1.165) is 24.9 Å². The number of aromatic hydroxyl groups is 1. The van der Waals surface area contributed by atoms with Crippen LogP contribution in [0.3, 0.4) is 0 Å². The summed E-state index contributed by atoms with van der Waals surface area (Å²) >= 11 is 0. The van der Waals surface area contributed by atoms with E-state index in [1.54, 1.807) is 16.8 Å². The molecule has 2 rings (SSSR count). The molecular formula is C16H23N3O2. The average molecular weight is 289 g/mol. The number of hydrogen-bond donors (Lipinski definition) is 3. The van der Waals surface area contributed by atoms with Crippen molar-refractivity contribution in [3.8, 4) is 5.75 Å². The minimum atomic E-state index is 0.109. The number of nitrogens with zero attached hydrogens (tertiary/aromatic N) is 2.